The quantitative estimate of drug-likeness (QED) is 0.470. The minimum Gasteiger partial charge on any atom is -0.488 e. The molecule has 4 nitrogen and oxygen atoms in total. The molecule has 4 heteroatoms. The Balaban J connectivity index is 1.74. The van der Waals surface area contributed by atoms with Gasteiger partial charge in [-0.2, -0.15) is 0 Å². The number of carbonyl (C=O) groups excluding carboxylic acids is 1. The molecule has 1 aromatic heterocycles. The van der Waals surface area contributed by atoms with Gasteiger partial charge in [0.25, 0.3) is 0 Å². The molecule has 0 spiro atoms. The Bertz CT molecular complexity index is 976. The number of fused-ring (bicyclic) bond motifs is 1. The topological polar surface area (TPSA) is 42.4 Å². The lowest BCUT2D eigenvalue weighted by atomic mass is 10.1. The Hall–Kier alpha value is -3.14. The van der Waals surface area contributed by atoms with Crippen LogP contribution in [-0.4, -0.2) is 23.9 Å². The molecule has 0 aliphatic carbocycles. The molecule has 4 rings (SSSR count). The first-order valence-electron chi connectivity index (χ1n) is 9.28. The highest BCUT2D eigenvalue weighted by Gasteiger charge is 2.16. The molecule has 0 saturated carbocycles. The van der Waals surface area contributed by atoms with Gasteiger partial charge in [0.1, 0.15) is 18.1 Å². The summed E-state index contributed by atoms with van der Waals surface area (Å²) in [5.41, 5.74) is 3.37. The van der Waals surface area contributed by atoms with Crippen LogP contribution in [0.2, 0.25) is 0 Å². The second-order valence-corrected chi connectivity index (χ2v) is 6.74. The Kier molecular flexibility index (Phi) is 4.88. The van der Waals surface area contributed by atoms with Crippen LogP contribution in [0.4, 0.5) is 5.69 Å². The zero-order valence-electron chi connectivity index (χ0n) is 15.2. The molecule has 0 unspecified atom stereocenters. The maximum absolute atomic E-state index is 12.1. The number of hydrogen-bond donors (Lipinski definition) is 0. The molecular weight excluding hydrogens is 336 g/mol. The maximum Gasteiger partial charge on any atom is 0.203 e. The van der Waals surface area contributed by atoms with Crippen LogP contribution in [-0.2, 0) is 6.61 Å². The predicted molar refractivity (Wildman–Crippen MR) is 108 cm³/mol. The molecular formula is C23H22N2O2. The molecule has 1 fully saturated rings. The van der Waals surface area contributed by atoms with E-state index < -0.39 is 0 Å². The van der Waals surface area contributed by atoms with Crippen molar-refractivity contribution in [3.05, 3.63) is 78.5 Å². The van der Waals surface area contributed by atoms with Crippen molar-refractivity contribution in [1.82, 2.24) is 4.98 Å². The fourth-order valence-electron chi connectivity index (χ4n) is 3.44. The standard InChI is InChI=1S/C23H22N2O2/c1-2-22(26)21-15-23(27-16-17-8-4-3-5-9-17)19-14-18(10-11-20(19)24-21)25-12-6-7-13-25/h2-5,8-11,14-15H,1,6-7,12-13,16H2. The van der Waals surface area contributed by atoms with Gasteiger partial charge in [0.2, 0.25) is 5.78 Å². The van der Waals surface area contributed by atoms with Crippen molar-refractivity contribution < 1.29 is 9.53 Å². The van der Waals surface area contributed by atoms with Crippen molar-refractivity contribution >= 4 is 22.4 Å². The highest BCUT2D eigenvalue weighted by molar-refractivity contribution is 6.05. The van der Waals surface area contributed by atoms with Crippen LogP contribution in [0.1, 0.15) is 28.9 Å². The zero-order valence-corrected chi connectivity index (χ0v) is 15.2. The molecule has 0 atom stereocenters. The molecule has 27 heavy (non-hydrogen) atoms. The van der Waals surface area contributed by atoms with Gasteiger partial charge < -0.3 is 9.64 Å². The molecule has 0 bridgehead atoms. The molecule has 0 N–H and O–H groups in total. The lowest BCUT2D eigenvalue weighted by Gasteiger charge is -2.19. The van der Waals surface area contributed by atoms with Crippen LogP contribution in [0.3, 0.4) is 0 Å². The van der Waals surface area contributed by atoms with Gasteiger partial charge in [0, 0.05) is 30.2 Å². The van der Waals surface area contributed by atoms with E-state index >= 15 is 0 Å². The summed E-state index contributed by atoms with van der Waals surface area (Å²) in [6, 6.07) is 17.9. The van der Waals surface area contributed by atoms with E-state index in [0.29, 0.717) is 18.1 Å². The van der Waals surface area contributed by atoms with E-state index in [9.17, 15) is 4.79 Å². The number of pyridine rings is 1. The lowest BCUT2D eigenvalue weighted by Crippen LogP contribution is -2.17. The van der Waals surface area contributed by atoms with Crippen LogP contribution in [0.25, 0.3) is 10.9 Å². The summed E-state index contributed by atoms with van der Waals surface area (Å²) >= 11 is 0. The summed E-state index contributed by atoms with van der Waals surface area (Å²) in [4.78, 5) is 19.0. The van der Waals surface area contributed by atoms with Gasteiger partial charge in [0.15, 0.2) is 0 Å². The van der Waals surface area contributed by atoms with Crippen LogP contribution >= 0.6 is 0 Å². The third kappa shape index (κ3) is 3.70. The normalized spacial score (nSPS) is 13.7. The summed E-state index contributed by atoms with van der Waals surface area (Å²) in [6.45, 7) is 6.16. The number of nitrogens with zero attached hydrogens (tertiary/aromatic N) is 2. The molecule has 2 heterocycles. The molecule has 136 valence electrons. The van der Waals surface area contributed by atoms with Crippen LogP contribution in [0, 0.1) is 0 Å². The number of aromatic nitrogens is 1. The number of carbonyl (C=O) groups is 1. The van der Waals surface area contributed by atoms with E-state index in [1.54, 1.807) is 6.07 Å². The fourth-order valence-corrected chi connectivity index (χ4v) is 3.44. The Morgan fingerprint density at radius 1 is 1.11 bits per heavy atom. The number of ketones is 1. The smallest absolute Gasteiger partial charge is 0.203 e. The van der Waals surface area contributed by atoms with Gasteiger partial charge in [0.05, 0.1) is 5.52 Å². The van der Waals surface area contributed by atoms with Gasteiger partial charge in [-0.15, -0.1) is 0 Å². The third-order valence-corrected chi connectivity index (χ3v) is 4.90. The van der Waals surface area contributed by atoms with Crippen molar-refractivity contribution in [3.63, 3.8) is 0 Å². The summed E-state index contributed by atoms with van der Waals surface area (Å²) < 4.78 is 6.11. The summed E-state index contributed by atoms with van der Waals surface area (Å²) in [5.74, 6) is 0.472. The minimum atomic E-state index is -0.204. The largest absolute Gasteiger partial charge is 0.488 e. The van der Waals surface area contributed by atoms with Crippen molar-refractivity contribution in [2.24, 2.45) is 0 Å². The molecule has 1 saturated heterocycles. The van der Waals surface area contributed by atoms with Gasteiger partial charge in [-0.3, -0.25) is 4.79 Å². The van der Waals surface area contributed by atoms with Gasteiger partial charge in [-0.25, -0.2) is 4.98 Å². The Labute approximate surface area is 159 Å². The average Bonchev–Trinajstić information content (AvgIpc) is 3.26. The second-order valence-electron chi connectivity index (χ2n) is 6.74. The average molecular weight is 358 g/mol. The first-order chi connectivity index (χ1) is 13.2. The van der Waals surface area contributed by atoms with E-state index in [-0.39, 0.29) is 5.78 Å². The molecule has 2 aromatic carbocycles. The Morgan fingerprint density at radius 2 is 1.89 bits per heavy atom. The third-order valence-electron chi connectivity index (χ3n) is 4.90. The highest BCUT2D eigenvalue weighted by Crippen LogP contribution is 2.31. The predicted octanol–water partition coefficient (Wildman–Crippen LogP) is 4.78. The number of benzene rings is 2. The molecule has 1 aliphatic rings. The van der Waals surface area contributed by atoms with Crippen molar-refractivity contribution in [2.45, 2.75) is 19.4 Å². The summed E-state index contributed by atoms with van der Waals surface area (Å²) in [6.07, 6.45) is 3.73. The first kappa shape index (κ1) is 17.3. The first-order valence-corrected chi connectivity index (χ1v) is 9.28. The van der Waals surface area contributed by atoms with Crippen LogP contribution in [0.5, 0.6) is 5.75 Å². The number of anilines is 1. The van der Waals surface area contributed by atoms with E-state index in [2.05, 4.69) is 28.6 Å². The Morgan fingerprint density at radius 3 is 2.63 bits per heavy atom. The van der Waals surface area contributed by atoms with E-state index in [4.69, 9.17) is 4.74 Å². The fraction of sp³-hybridized carbons (Fsp3) is 0.217. The highest BCUT2D eigenvalue weighted by atomic mass is 16.5. The summed E-state index contributed by atoms with van der Waals surface area (Å²) in [5, 5.41) is 0.927. The van der Waals surface area contributed by atoms with E-state index in [1.165, 1.54) is 24.6 Å². The zero-order chi connectivity index (χ0) is 18.6. The monoisotopic (exact) mass is 358 g/mol. The molecule has 0 radical (unpaired) electrons. The number of hydrogen-bond acceptors (Lipinski definition) is 4. The van der Waals surface area contributed by atoms with E-state index in [0.717, 1.165) is 29.6 Å². The van der Waals surface area contributed by atoms with E-state index in [1.807, 2.05) is 36.4 Å². The number of rotatable bonds is 6. The molecule has 0 amide bonds. The minimum absolute atomic E-state index is 0.204. The van der Waals surface area contributed by atoms with Crippen LogP contribution in [0.15, 0.2) is 67.3 Å². The van der Waals surface area contributed by atoms with Crippen LogP contribution < -0.4 is 9.64 Å². The second kappa shape index (κ2) is 7.62. The van der Waals surface area contributed by atoms with Gasteiger partial charge >= 0.3 is 0 Å². The van der Waals surface area contributed by atoms with Gasteiger partial charge in [-0.05, 0) is 42.7 Å². The van der Waals surface area contributed by atoms with Gasteiger partial charge in [-0.1, -0.05) is 36.9 Å². The summed E-state index contributed by atoms with van der Waals surface area (Å²) in [7, 11) is 0. The molecule has 3 aromatic rings. The maximum atomic E-state index is 12.1. The number of allylic oxidation sites excluding steroid dienone is 1. The van der Waals surface area contributed by atoms with Crippen molar-refractivity contribution in [2.75, 3.05) is 18.0 Å². The lowest BCUT2D eigenvalue weighted by molar-refractivity contribution is 0.104. The SMILES string of the molecule is C=CC(=O)c1cc(OCc2ccccc2)c2cc(N3CCCC3)ccc2n1. The van der Waals surface area contributed by atoms with Crippen molar-refractivity contribution in [1.29, 1.82) is 0 Å². The van der Waals surface area contributed by atoms with Crippen molar-refractivity contribution in [3.8, 4) is 5.75 Å². The number of ether oxygens (including phenoxy) is 1. The molecule has 1 aliphatic heterocycles.